The molecule has 0 saturated heterocycles. The van der Waals surface area contributed by atoms with Crippen LogP contribution in [0.3, 0.4) is 0 Å². The summed E-state index contributed by atoms with van der Waals surface area (Å²) >= 11 is 3.38. The van der Waals surface area contributed by atoms with Gasteiger partial charge in [0.15, 0.2) is 0 Å². The van der Waals surface area contributed by atoms with Crippen LogP contribution in [0.5, 0.6) is 0 Å². The second-order valence-corrected chi connectivity index (χ2v) is 4.85. The van der Waals surface area contributed by atoms with Gasteiger partial charge in [-0.15, -0.1) is 0 Å². The monoisotopic (exact) mass is 297 g/mol. The zero-order valence-electron chi connectivity index (χ0n) is 10.3. The van der Waals surface area contributed by atoms with E-state index in [1.165, 1.54) is 0 Å². The molecule has 1 atom stereocenters. The Bertz CT molecular complexity index is 326. The van der Waals surface area contributed by atoms with Gasteiger partial charge in [-0.05, 0) is 24.8 Å². The number of carbonyl (C=O) groups excluding carboxylic acids is 1. The van der Waals surface area contributed by atoms with E-state index in [4.69, 9.17) is 0 Å². The van der Waals surface area contributed by atoms with Gasteiger partial charge in [-0.3, -0.25) is 4.79 Å². The van der Waals surface area contributed by atoms with Crippen molar-refractivity contribution in [1.82, 2.24) is 5.32 Å². The zero-order chi connectivity index (χ0) is 12.5. The highest BCUT2D eigenvalue weighted by Crippen LogP contribution is 2.19. The quantitative estimate of drug-likeness (QED) is 0.606. The predicted molar refractivity (Wildman–Crippen MR) is 75.5 cm³/mol. The summed E-state index contributed by atoms with van der Waals surface area (Å²) in [6, 6.07) is 9.98. The van der Waals surface area contributed by atoms with Crippen LogP contribution < -0.4 is 5.32 Å². The van der Waals surface area contributed by atoms with E-state index in [0.29, 0.717) is 0 Å². The minimum atomic E-state index is -0.0137. The molecule has 0 aliphatic rings. The molecule has 1 rings (SSSR count). The first kappa shape index (κ1) is 14.2. The molecule has 2 nitrogen and oxygen atoms in total. The lowest BCUT2D eigenvalue weighted by atomic mass is 9.96. The van der Waals surface area contributed by atoms with E-state index in [1.807, 2.05) is 30.3 Å². The molecule has 0 aliphatic carbocycles. The van der Waals surface area contributed by atoms with Crippen molar-refractivity contribution < 1.29 is 4.79 Å². The number of unbranched alkanes of at least 4 members (excludes halogenated alkanes) is 1. The van der Waals surface area contributed by atoms with E-state index in [1.54, 1.807) is 0 Å². The maximum Gasteiger partial charge on any atom is 0.227 e. The van der Waals surface area contributed by atoms with Crippen LogP contribution >= 0.6 is 15.9 Å². The van der Waals surface area contributed by atoms with Crippen molar-refractivity contribution in [3.05, 3.63) is 35.9 Å². The smallest absolute Gasteiger partial charge is 0.227 e. The van der Waals surface area contributed by atoms with Crippen molar-refractivity contribution in [3.8, 4) is 0 Å². The van der Waals surface area contributed by atoms with Gasteiger partial charge in [0.05, 0.1) is 5.92 Å². The average Bonchev–Trinajstić information content (AvgIpc) is 2.37. The summed E-state index contributed by atoms with van der Waals surface area (Å²) in [7, 11) is 0. The topological polar surface area (TPSA) is 29.1 Å². The van der Waals surface area contributed by atoms with Crippen LogP contribution in [-0.2, 0) is 4.79 Å². The number of benzene rings is 1. The average molecular weight is 298 g/mol. The van der Waals surface area contributed by atoms with E-state index in [9.17, 15) is 4.79 Å². The molecule has 1 amide bonds. The van der Waals surface area contributed by atoms with Gasteiger partial charge in [-0.2, -0.15) is 0 Å². The molecule has 0 bridgehead atoms. The Labute approximate surface area is 112 Å². The number of hydrogen-bond donors (Lipinski definition) is 1. The van der Waals surface area contributed by atoms with Gasteiger partial charge in [0.2, 0.25) is 5.91 Å². The number of nitrogens with one attached hydrogen (secondary N) is 1. The van der Waals surface area contributed by atoms with E-state index < -0.39 is 0 Å². The van der Waals surface area contributed by atoms with Crippen LogP contribution in [0, 0.1) is 0 Å². The Morgan fingerprint density at radius 3 is 2.59 bits per heavy atom. The Hall–Kier alpha value is -0.830. The van der Waals surface area contributed by atoms with Gasteiger partial charge in [0, 0.05) is 11.9 Å². The summed E-state index contributed by atoms with van der Waals surface area (Å²) in [5.41, 5.74) is 1.10. The van der Waals surface area contributed by atoms with Crippen LogP contribution in [0.15, 0.2) is 30.3 Å². The van der Waals surface area contributed by atoms with Crippen molar-refractivity contribution in [2.75, 3.05) is 11.9 Å². The number of halogens is 1. The van der Waals surface area contributed by atoms with Gasteiger partial charge in [-0.25, -0.2) is 0 Å². The third kappa shape index (κ3) is 4.90. The number of carbonyl (C=O) groups is 1. The van der Waals surface area contributed by atoms with E-state index in [0.717, 1.165) is 36.7 Å². The second-order valence-electron chi connectivity index (χ2n) is 4.06. The van der Waals surface area contributed by atoms with Crippen LogP contribution in [0.2, 0.25) is 0 Å². The van der Waals surface area contributed by atoms with Crippen LogP contribution in [-0.4, -0.2) is 17.8 Å². The van der Waals surface area contributed by atoms with Crippen molar-refractivity contribution in [1.29, 1.82) is 0 Å². The molecule has 0 saturated carbocycles. The first-order valence-electron chi connectivity index (χ1n) is 6.18. The standard InChI is InChI=1S/C14H20BrNO/c1-2-13(12-8-4-3-5-9-12)14(17)16-11-7-6-10-15/h3-5,8-9,13H,2,6-7,10-11H2,1H3,(H,16,17). The summed E-state index contributed by atoms with van der Waals surface area (Å²) in [6.45, 7) is 2.82. The lowest BCUT2D eigenvalue weighted by Crippen LogP contribution is -2.30. The van der Waals surface area contributed by atoms with Crippen LogP contribution in [0.25, 0.3) is 0 Å². The fourth-order valence-electron chi connectivity index (χ4n) is 1.81. The summed E-state index contributed by atoms with van der Waals surface area (Å²) < 4.78 is 0. The molecule has 1 aromatic carbocycles. The molecule has 3 heteroatoms. The molecule has 1 unspecified atom stereocenters. The maximum atomic E-state index is 12.0. The van der Waals surface area contributed by atoms with Crippen molar-refractivity contribution in [2.24, 2.45) is 0 Å². The van der Waals surface area contributed by atoms with Crippen molar-refractivity contribution in [3.63, 3.8) is 0 Å². The molecule has 1 aromatic rings. The number of alkyl halides is 1. The Morgan fingerprint density at radius 1 is 1.29 bits per heavy atom. The van der Waals surface area contributed by atoms with Gasteiger partial charge in [0.25, 0.3) is 0 Å². The third-order valence-electron chi connectivity index (χ3n) is 2.79. The van der Waals surface area contributed by atoms with Crippen molar-refractivity contribution >= 4 is 21.8 Å². The molecule has 1 N–H and O–H groups in total. The number of amides is 1. The van der Waals surface area contributed by atoms with E-state index in [2.05, 4.69) is 28.2 Å². The molecule has 0 aromatic heterocycles. The largest absolute Gasteiger partial charge is 0.356 e. The highest BCUT2D eigenvalue weighted by atomic mass is 79.9. The Kier molecular flexibility index (Phi) is 6.94. The lowest BCUT2D eigenvalue weighted by molar-refractivity contribution is -0.122. The third-order valence-corrected chi connectivity index (χ3v) is 3.35. The molecular formula is C14H20BrNO. The summed E-state index contributed by atoms with van der Waals surface area (Å²) in [5, 5.41) is 4.01. The second kappa shape index (κ2) is 8.29. The fraction of sp³-hybridized carbons (Fsp3) is 0.500. The molecule has 0 aliphatic heterocycles. The van der Waals surface area contributed by atoms with Gasteiger partial charge in [0.1, 0.15) is 0 Å². The number of hydrogen-bond acceptors (Lipinski definition) is 1. The lowest BCUT2D eigenvalue weighted by Gasteiger charge is -2.15. The van der Waals surface area contributed by atoms with E-state index in [-0.39, 0.29) is 11.8 Å². The first-order valence-corrected chi connectivity index (χ1v) is 7.30. The minimum Gasteiger partial charge on any atom is -0.356 e. The van der Waals surface area contributed by atoms with Crippen LogP contribution in [0.4, 0.5) is 0 Å². The molecule has 0 spiro atoms. The number of rotatable bonds is 7. The van der Waals surface area contributed by atoms with Gasteiger partial charge < -0.3 is 5.32 Å². The molecule has 0 radical (unpaired) electrons. The Morgan fingerprint density at radius 2 is 2.00 bits per heavy atom. The van der Waals surface area contributed by atoms with Crippen molar-refractivity contribution in [2.45, 2.75) is 32.1 Å². The molecule has 17 heavy (non-hydrogen) atoms. The maximum absolute atomic E-state index is 12.0. The zero-order valence-corrected chi connectivity index (χ0v) is 11.9. The van der Waals surface area contributed by atoms with Gasteiger partial charge in [-0.1, -0.05) is 53.2 Å². The minimum absolute atomic E-state index is 0.0137. The van der Waals surface area contributed by atoms with Crippen LogP contribution in [0.1, 0.15) is 37.7 Å². The highest BCUT2D eigenvalue weighted by molar-refractivity contribution is 9.09. The predicted octanol–water partition coefficient (Wildman–Crippen LogP) is 3.47. The molecule has 94 valence electrons. The Balaban J connectivity index is 2.48. The summed E-state index contributed by atoms with van der Waals surface area (Å²) in [4.78, 5) is 12.0. The first-order chi connectivity index (χ1) is 8.29. The fourth-order valence-corrected chi connectivity index (χ4v) is 2.21. The van der Waals surface area contributed by atoms with E-state index >= 15 is 0 Å². The normalized spacial score (nSPS) is 12.1. The summed E-state index contributed by atoms with van der Waals surface area (Å²) in [6.07, 6.45) is 2.97. The molecule has 0 fully saturated rings. The molecule has 0 heterocycles. The SMILES string of the molecule is CCC(C(=O)NCCCCBr)c1ccccc1. The summed E-state index contributed by atoms with van der Waals surface area (Å²) in [5.74, 6) is 0.133. The highest BCUT2D eigenvalue weighted by Gasteiger charge is 2.17. The van der Waals surface area contributed by atoms with Gasteiger partial charge >= 0.3 is 0 Å². The molecular weight excluding hydrogens is 278 g/mol.